The van der Waals surface area contributed by atoms with Crippen molar-refractivity contribution in [1.29, 1.82) is 0 Å². The van der Waals surface area contributed by atoms with Gasteiger partial charge >= 0.3 is 0 Å². The van der Waals surface area contributed by atoms with E-state index in [1.54, 1.807) is 24.3 Å². The number of hydrogen-bond donors (Lipinski definition) is 0. The van der Waals surface area contributed by atoms with Gasteiger partial charge in [0.15, 0.2) is 0 Å². The standard InChI is InChI=1S/C57H39N/c1-3-20-44(21-4-1)57(45-22-5-2-6-23-45)53-29-12-11-26-52(53)56-54(57)30-15-31-55(56)58(46-36-32-42(33-37-46)50-27-13-18-40-16-7-9-24-48(40)50)47-38-34-43(35-39-47)51-28-14-19-41-17-8-10-25-49(41)51/h1-39H/i7D,8D,9D,10D,13D,14D,16D,17D,18D,19D,24D,25D,27D,28D. The van der Waals surface area contributed by atoms with Crippen molar-refractivity contribution < 1.29 is 19.2 Å². The quantitative estimate of drug-likeness (QED) is 0.157. The molecule has 272 valence electrons. The van der Waals surface area contributed by atoms with Crippen LogP contribution in [0.15, 0.2) is 236 Å². The highest BCUT2D eigenvalue weighted by molar-refractivity contribution is 6.00. The summed E-state index contributed by atoms with van der Waals surface area (Å²) in [7, 11) is 0. The topological polar surface area (TPSA) is 3.24 Å². The summed E-state index contributed by atoms with van der Waals surface area (Å²) in [5, 5.41) is -0.335. The Kier molecular flexibility index (Phi) is 5.35. The molecular weight excluding hydrogens is 699 g/mol. The molecule has 0 saturated heterocycles. The third-order valence-electron chi connectivity index (χ3n) is 11.2. The highest BCUT2D eigenvalue weighted by Crippen LogP contribution is 2.59. The minimum absolute atomic E-state index is 0.0247. The number of benzene rings is 10. The molecule has 1 heteroatoms. The summed E-state index contributed by atoms with van der Waals surface area (Å²) in [5.74, 6) is 0. The lowest BCUT2D eigenvalue weighted by Crippen LogP contribution is -2.28. The van der Waals surface area contributed by atoms with Crippen molar-refractivity contribution in [3.63, 3.8) is 0 Å². The maximum atomic E-state index is 9.07. The average Bonchev–Trinajstić information content (AvgIpc) is 3.72. The second-order valence-corrected chi connectivity index (χ2v) is 14.2. The molecule has 0 radical (unpaired) electrons. The summed E-state index contributed by atoms with van der Waals surface area (Å²) in [6, 6.07) is 43.0. The molecule has 10 aromatic carbocycles. The van der Waals surface area contributed by atoms with Gasteiger partial charge in [-0.25, -0.2) is 0 Å². The van der Waals surface area contributed by atoms with Crippen molar-refractivity contribution in [1.82, 2.24) is 0 Å². The minimum Gasteiger partial charge on any atom is -0.310 e. The molecule has 1 aliphatic carbocycles. The van der Waals surface area contributed by atoms with Crippen LogP contribution in [0.3, 0.4) is 0 Å². The monoisotopic (exact) mass is 751 g/mol. The van der Waals surface area contributed by atoms with E-state index in [2.05, 4.69) is 47.4 Å². The van der Waals surface area contributed by atoms with E-state index < -0.39 is 77.9 Å². The fourth-order valence-corrected chi connectivity index (χ4v) is 8.70. The van der Waals surface area contributed by atoms with E-state index in [9.17, 15) is 0 Å². The summed E-state index contributed by atoms with van der Waals surface area (Å²) in [4.78, 5) is 2.05. The Labute approximate surface area is 359 Å². The van der Waals surface area contributed by atoms with Crippen LogP contribution in [0.5, 0.6) is 0 Å². The zero-order valence-corrected chi connectivity index (χ0v) is 30.9. The summed E-state index contributed by atoms with van der Waals surface area (Å²) in [6.07, 6.45) is 0. The number of rotatable bonds is 7. The van der Waals surface area contributed by atoms with Gasteiger partial charge in [-0.15, -0.1) is 0 Å². The zero-order valence-electron chi connectivity index (χ0n) is 44.9. The lowest BCUT2D eigenvalue weighted by atomic mass is 9.68. The molecule has 0 N–H and O–H groups in total. The van der Waals surface area contributed by atoms with E-state index in [0.717, 1.165) is 39.1 Å². The third kappa shape index (κ3) is 5.32. The molecule has 0 aliphatic heterocycles. The van der Waals surface area contributed by atoms with Crippen LogP contribution in [-0.2, 0) is 5.41 Å². The van der Waals surface area contributed by atoms with Gasteiger partial charge in [0.25, 0.3) is 0 Å². The predicted molar refractivity (Wildman–Crippen MR) is 244 cm³/mol. The third-order valence-corrected chi connectivity index (χ3v) is 11.2. The van der Waals surface area contributed by atoms with E-state index in [4.69, 9.17) is 19.2 Å². The largest absolute Gasteiger partial charge is 0.310 e. The molecule has 1 aliphatic rings. The molecule has 1 nitrogen and oxygen atoms in total. The van der Waals surface area contributed by atoms with E-state index in [1.807, 2.05) is 84.9 Å². The normalized spacial score (nSPS) is 16.0. The average molecular weight is 752 g/mol. The van der Waals surface area contributed by atoms with Crippen molar-refractivity contribution in [2.75, 3.05) is 4.90 Å². The van der Waals surface area contributed by atoms with Crippen molar-refractivity contribution in [3.8, 4) is 33.4 Å². The molecule has 0 bridgehead atoms. The van der Waals surface area contributed by atoms with Gasteiger partial charge in [0.05, 0.1) is 30.3 Å². The van der Waals surface area contributed by atoms with Crippen LogP contribution in [-0.4, -0.2) is 0 Å². The van der Waals surface area contributed by atoms with Gasteiger partial charge in [0.2, 0.25) is 0 Å². The summed E-state index contributed by atoms with van der Waals surface area (Å²) >= 11 is 0. The smallest absolute Gasteiger partial charge is 0.0714 e. The Morgan fingerprint density at radius 3 is 1.38 bits per heavy atom. The molecule has 0 atom stereocenters. The van der Waals surface area contributed by atoms with Gasteiger partial charge in [-0.2, -0.15) is 0 Å². The SMILES string of the molecule is [2H]c1c([2H])c([2H])c2c(-c3ccc(N(c4ccc(-c5c([2H])c([2H])c([2H])c6c([2H])c([2H])c([2H])c([2H])c56)cc4)c4cccc5c4-c4ccccc4C5(c4ccccc4)c4ccccc4)cc3)c([2H])c([2H])c([2H])c2c1[2H]. The van der Waals surface area contributed by atoms with Gasteiger partial charge in [0.1, 0.15) is 0 Å². The van der Waals surface area contributed by atoms with E-state index in [-0.39, 0.29) is 44.8 Å². The molecule has 0 aromatic heterocycles. The summed E-state index contributed by atoms with van der Waals surface area (Å²) in [5.41, 5.74) is 8.39. The molecule has 58 heavy (non-hydrogen) atoms. The molecule has 10 aromatic rings. The second-order valence-electron chi connectivity index (χ2n) is 14.2. The van der Waals surface area contributed by atoms with E-state index in [1.165, 1.54) is 0 Å². The zero-order chi connectivity index (χ0) is 50.7. The Hall–Kier alpha value is -7.48. The van der Waals surface area contributed by atoms with Crippen LogP contribution in [0.4, 0.5) is 17.1 Å². The van der Waals surface area contributed by atoms with Gasteiger partial charge in [0, 0.05) is 16.9 Å². The van der Waals surface area contributed by atoms with Crippen LogP contribution in [0.2, 0.25) is 0 Å². The number of anilines is 3. The van der Waals surface area contributed by atoms with E-state index in [0.29, 0.717) is 22.5 Å². The Morgan fingerprint density at radius 2 is 0.828 bits per heavy atom. The van der Waals surface area contributed by atoms with Gasteiger partial charge < -0.3 is 4.90 Å². The first-order valence-electron chi connectivity index (χ1n) is 26.0. The van der Waals surface area contributed by atoms with Crippen LogP contribution in [0, 0.1) is 0 Å². The molecule has 0 saturated carbocycles. The molecule has 0 heterocycles. The first kappa shape index (κ1) is 22.3. The Bertz CT molecular complexity index is 3680. The van der Waals surface area contributed by atoms with Crippen LogP contribution < -0.4 is 4.90 Å². The molecule has 0 unspecified atom stereocenters. The highest BCUT2D eigenvalue weighted by Gasteiger charge is 2.47. The number of hydrogen-bond acceptors (Lipinski definition) is 1. The van der Waals surface area contributed by atoms with Crippen LogP contribution in [0.25, 0.3) is 54.9 Å². The first-order valence-corrected chi connectivity index (χ1v) is 19.0. The molecule has 11 rings (SSSR count). The van der Waals surface area contributed by atoms with Gasteiger partial charge in [-0.1, -0.05) is 206 Å². The molecule has 0 spiro atoms. The lowest BCUT2D eigenvalue weighted by Gasteiger charge is -2.34. The lowest BCUT2D eigenvalue weighted by molar-refractivity contribution is 0.768. The molecular formula is C57H39N. The van der Waals surface area contributed by atoms with Crippen LogP contribution >= 0.6 is 0 Å². The Morgan fingerprint density at radius 1 is 0.362 bits per heavy atom. The maximum absolute atomic E-state index is 9.07. The van der Waals surface area contributed by atoms with Crippen molar-refractivity contribution >= 4 is 38.6 Å². The van der Waals surface area contributed by atoms with Gasteiger partial charge in [-0.05, 0) is 102 Å². The molecule has 0 amide bonds. The van der Waals surface area contributed by atoms with Gasteiger partial charge in [-0.3, -0.25) is 0 Å². The van der Waals surface area contributed by atoms with Crippen molar-refractivity contribution in [2.24, 2.45) is 0 Å². The Balaban J connectivity index is 1.17. The first-order chi connectivity index (χ1) is 34.6. The van der Waals surface area contributed by atoms with Crippen LogP contribution in [0.1, 0.15) is 41.4 Å². The summed E-state index contributed by atoms with van der Waals surface area (Å²) < 4.78 is 122. The van der Waals surface area contributed by atoms with E-state index >= 15 is 0 Å². The molecule has 0 fully saturated rings. The maximum Gasteiger partial charge on any atom is 0.0714 e. The fourth-order valence-electron chi connectivity index (χ4n) is 8.70. The summed E-state index contributed by atoms with van der Waals surface area (Å²) in [6.45, 7) is 0. The van der Waals surface area contributed by atoms with Crippen molar-refractivity contribution in [3.05, 3.63) is 259 Å². The highest BCUT2D eigenvalue weighted by atomic mass is 15.1. The van der Waals surface area contributed by atoms with Crippen molar-refractivity contribution in [2.45, 2.75) is 5.41 Å². The second kappa shape index (κ2) is 13.9. The number of fused-ring (bicyclic) bond motifs is 5. The fraction of sp³-hybridized carbons (Fsp3) is 0.0175. The predicted octanol–water partition coefficient (Wildman–Crippen LogP) is 15.2. The minimum atomic E-state index is -0.752. The number of nitrogens with zero attached hydrogens (tertiary/aromatic N) is 1.